The second kappa shape index (κ2) is 7.90. The number of hydrazone groups is 1. The number of carbonyl (C=O) groups excluding carboxylic acids is 1. The molecule has 0 saturated heterocycles. The van der Waals surface area contributed by atoms with Crippen LogP contribution in [-0.4, -0.2) is 21.8 Å². The molecule has 0 unspecified atom stereocenters. The van der Waals surface area contributed by atoms with Gasteiger partial charge < -0.3 is 4.42 Å². The van der Waals surface area contributed by atoms with E-state index in [2.05, 4.69) is 10.4 Å². The van der Waals surface area contributed by atoms with Gasteiger partial charge in [-0.3, -0.25) is 10.1 Å². The molecule has 8 heteroatoms. The highest BCUT2D eigenvalue weighted by molar-refractivity contribution is 8.13. The molecule has 156 valence electrons. The fourth-order valence-electron chi connectivity index (χ4n) is 3.73. The Bertz CT molecular complexity index is 1350. The molecule has 3 aromatic rings. The van der Waals surface area contributed by atoms with Crippen molar-refractivity contribution >= 4 is 40.1 Å². The van der Waals surface area contributed by atoms with Crippen LogP contribution in [0.3, 0.4) is 0 Å². The second-order valence-corrected chi connectivity index (χ2v) is 8.78. The molecular weight excluding hydrogens is 432 g/mol. The van der Waals surface area contributed by atoms with Crippen LogP contribution < -0.4 is 15.9 Å². The number of para-hydroxylation sites is 1. The fraction of sp³-hybridized carbons (Fsp3) is 0.174. The second-order valence-electron chi connectivity index (χ2n) is 7.12. The Morgan fingerprint density at radius 3 is 2.84 bits per heavy atom. The van der Waals surface area contributed by atoms with Crippen molar-refractivity contribution in [2.45, 2.75) is 20.0 Å². The molecule has 2 aliphatic rings. The van der Waals surface area contributed by atoms with Gasteiger partial charge >= 0.3 is 0 Å². The average Bonchev–Trinajstić information content (AvgIpc) is 3.25. The van der Waals surface area contributed by atoms with Gasteiger partial charge in [-0.25, -0.2) is 10.0 Å². The van der Waals surface area contributed by atoms with Gasteiger partial charge in [-0.15, -0.1) is 5.10 Å². The van der Waals surface area contributed by atoms with E-state index in [4.69, 9.17) is 21.0 Å². The summed E-state index contributed by atoms with van der Waals surface area (Å²) in [6.45, 7) is 3.97. The van der Waals surface area contributed by atoms with Crippen molar-refractivity contribution in [3.05, 3.63) is 81.5 Å². The van der Waals surface area contributed by atoms with E-state index in [0.717, 1.165) is 27.5 Å². The first-order valence-electron chi connectivity index (χ1n) is 9.91. The molecular formula is C23H19ClN4O2S. The minimum Gasteiger partial charge on any atom is -0.457 e. The zero-order valence-corrected chi connectivity index (χ0v) is 18.5. The smallest absolute Gasteiger partial charge is 0.276 e. The highest BCUT2D eigenvalue weighted by Crippen LogP contribution is 2.35. The molecule has 0 spiro atoms. The largest absolute Gasteiger partial charge is 0.457 e. The Hall–Kier alpha value is -3.03. The van der Waals surface area contributed by atoms with Crippen LogP contribution >= 0.6 is 23.4 Å². The summed E-state index contributed by atoms with van der Waals surface area (Å²) >= 11 is 7.76. The van der Waals surface area contributed by atoms with E-state index in [1.54, 1.807) is 5.01 Å². The Morgan fingerprint density at radius 2 is 2.00 bits per heavy atom. The van der Waals surface area contributed by atoms with Crippen LogP contribution in [0.2, 0.25) is 5.02 Å². The van der Waals surface area contributed by atoms with Crippen LogP contribution in [0.1, 0.15) is 24.4 Å². The van der Waals surface area contributed by atoms with E-state index in [1.165, 1.54) is 11.8 Å². The van der Waals surface area contributed by atoms with Crippen LogP contribution in [0.5, 0.6) is 0 Å². The first-order valence-corrected chi connectivity index (χ1v) is 11.3. The van der Waals surface area contributed by atoms with Gasteiger partial charge in [0.05, 0.1) is 5.36 Å². The van der Waals surface area contributed by atoms with Crippen LogP contribution in [0.4, 0.5) is 0 Å². The third-order valence-electron chi connectivity index (χ3n) is 5.21. The minimum atomic E-state index is -0.586. The van der Waals surface area contributed by atoms with Crippen molar-refractivity contribution in [1.29, 1.82) is 0 Å². The molecule has 2 aliphatic heterocycles. The Balaban J connectivity index is 1.65. The fourth-order valence-corrected chi connectivity index (χ4v) is 4.48. The summed E-state index contributed by atoms with van der Waals surface area (Å²) in [7, 11) is 0. The summed E-state index contributed by atoms with van der Waals surface area (Å²) in [5.74, 6) is 1.88. The number of nitrogens with one attached hydrogen (secondary N) is 1. The molecule has 0 aliphatic carbocycles. The topological polar surface area (TPSA) is 70.2 Å². The number of furan rings is 1. The molecule has 6 nitrogen and oxygen atoms in total. The van der Waals surface area contributed by atoms with Crippen molar-refractivity contribution in [1.82, 2.24) is 10.3 Å². The maximum atomic E-state index is 13.0. The van der Waals surface area contributed by atoms with E-state index in [-0.39, 0.29) is 5.91 Å². The monoisotopic (exact) mass is 450 g/mol. The number of rotatable bonds is 3. The average molecular weight is 451 g/mol. The summed E-state index contributed by atoms with van der Waals surface area (Å²) in [6.07, 6.45) is -0.586. The maximum Gasteiger partial charge on any atom is 0.276 e. The number of carbonyl (C=O) groups is 1. The van der Waals surface area contributed by atoms with Gasteiger partial charge in [-0.05, 0) is 42.5 Å². The molecule has 1 amide bonds. The Morgan fingerprint density at radius 1 is 1.16 bits per heavy atom. The lowest BCUT2D eigenvalue weighted by molar-refractivity contribution is -0.116. The molecule has 0 saturated carbocycles. The summed E-state index contributed by atoms with van der Waals surface area (Å²) in [6, 6.07) is 17.1. The molecule has 1 atom stereocenters. The number of amidine groups is 1. The van der Waals surface area contributed by atoms with E-state index in [9.17, 15) is 4.79 Å². The third kappa shape index (κ3) is 3.43. The standard InChI is InChI=1S/C23H19ClN4O2S/c1-3-31-23-26-22(29)20-15-7-4-5-10-17(15)25-21(28(20)27-23)19-12-11-18(30-19)14-8-6-9-16(24)13(14)2/h4-12,21H,3H2,1-2H3,(H,26,27,29)/t21-/m1/s1. The SMILES string of the molecule is CCSC1=NN2C(=c3ccccc3=N[C@H]2c2ccc(-c3cccc(Cl)c3C)o2)C(=O)N1. The van der Waals surface area contributed by atoms with Crippen molar-refractivity contribution in [2.24, 2.45) is 10.1 Å². The predicted molar refractivity (Wildman–Crippen MR) is 123 cm³/mol. The van der Waals surface area contributed by atoms with Gasteiger partial charge in [0.2, 0.25) is 6.17 Å². The van der Waals surface area contributed by atoms with Gasteiger partial charge in [-0.2, -0.15) is 0 Å². The first-order chi connectivity index (χ1) is 15.1. The summed E-state index contributed by atoms with van der Waals surface area (Å²) in [5.41, 5.74) is 2.33. The summed E-state index contributed by atoms with van der Waals surface area (Å²) < 4.78 is 6.22. The quantitative estimate of drug-likeness (QED) is 0.658. The molecule has 1 N–H and O–H groups in total. The van der Waals surface area contributed by atoms with Crippen molar-refractivity contribution < 1.29 is 9.21 Å². The van der Waals surface area contributed by atoms with Crippen LogP contribution in [-0.2, 0) is 4.79 Å². The number of nitrogens with zero attached hydrogens (tertiary/aromatic N) is 3. The van der Waals surface area contributed by atoms with E-state index >= 15 is 0 Å². The molecule has 0 fully saturated rings. The van der Waals surface area contributed by atoms with E-state index < -0.39 is 6.17 Å². The number of fused-ring (bicyclic) bond motifs is 2. The number of hydrogen-bond donors (Lipinski definition) is 1. The molecule has 2 aromatic carbocycles. The first kappa shape index (κ1) is 19.9. The third-order valence-corrected chi connectivity index (χ3v) is 6.37. The lowest BCUT2D eigenvalue weighted by Gasteiger charge is -2.32. The Kier molecular flexibility index (Phi) is 5.08. The molecule has 1 aromatic heterocycles. The summed E-state index contributed by atoms with van der Waals surface area (Å²) in [5, 5.41) is 11.9. The van der Waals surface area contributed by atoms with Crippen LogP contribution in [0, 0.1) is 6.92 Å². The maximum absolute atomic E-state index is 13.0. The van der Waals surface area contributed by atoms with Gasteiger partial charge in [0.1, 0.15) is 11.5 Å². The number of hydrogen-bond acceptors (Lipinski definition) is 6. The lowest BCUT2D eigenvalue weighted by Crippen LogP contribution is -2.50. The predicted octanol–water partition coefficient (Wildman–Crippen LogP) is 3.80. The van der Waals surface area contributed by atoms with E-state index in [1.807, 2.05) is 68.4 Å². The van der Waals surface area contributed by atoms with Crippen LogP contribution in [0.15, 0.2) is 69.1 Å². The van der Waals surface area contributed by atoms with Gasteiger partial charge in [0.15, 0.2) is 10.9 Å². The zero-order valence-electron chi connectivity index (χ0n) is 16.9. The molecule has 3 heterocycles. The summed E-state index contributed by atoms with van der Waals surface area (Å²) in [4.78, 5) is 17.9. The highest BCUT2D eigenvalue weighted by Gasteiger charge is 2.35. The van der Waals surface area contributed by atoms with Crippen LogP contribution in [0.25, 0.3) is 17.0 Å². The number of benzene rings is 2. The van der Waals surface area contributed by atoms with E-state index in [0.29, 0.717) is 27.4 Å². The Labute approximate surface area is 188 Å². The zero-order chi connectivity index (χ0) is 21.5. The van der Waals surface area contributed by atoms with Gasteiger partial charge in [-0.1, -0.05) is 60.6 Å². The van der Waals surface area contributed by atoms with Gasteiger partial charge in [0, 0.05) is 15.8 Å². The number of halogens is 1. The molecule has 31 heavy (non-hydrogen) atoms. The van der Waals surface area contributed by atoms with Gasteiger partial charge in [0.25, 0.3) is 5.91 Å². The normalized spacial score (nSPS) is 17.5. The highest BCUT2D eigenvalue weighted by atomic mass is 35.5. The number of amides is 1. The van der Waals surface area contributed by atoms with Crippen molar-refractivity contribution in [3.8, 4) is 11.3 Å². The molecule has 0 radical (unpaired) electrons. The molecule has 5 rings (SSSR count). The molecule has 0 bridgehead atoms. The van der Waals surface area contributed by atoms with Crippen molar-refractivity contribution in [3.63, 3.8) is 0 Å². The lowest BCUT2D eigenvalue weighted by atomic mass is 10.1. The minimum absolute atomic E-state index is 0.198. The number of thioether (sulfide) groups is 1. The van der Waals surface area contributed by atoms with Crippen molar-refractivity contribution in [2.75, 3.05) is 5.75 Å².